The van der Waals surface area contributed by atoms with Crippen molar-refractivity contribution in [2.24, 2.45) is 0 Å². The van der Waals surface area contributed by atoms with Crippen LogP contribution in [0.25, 0.3) is 0 Å². The van der Waals surface area contributed by atoms with Crippen molar-refractivity contribution in [2.75, 3.05) is 13.2 Å². The molecule has 0 saturated heterocycles. The second kappa shape index (κ2) is 23.0. The number of hydrogen-bond acceptors (Lipinski definition) is 6. The van der Waals surface area contributed by atoms with E-state index in [1.165, 1.54) is 38.5 Å². The van der Waals surface area contributed by atoms with Gasteiger partial charge in [0.1, 0.15) is 0 Å². The molecular weight excluding hydrogens is 432 g/mol. The standard InChI is InChI=1S/C19H37NO7S.2Na/c1-3-5-6-7-8-9-10-11-12-13-15-26-27-19(22)17(28(23,24)25)16-18(21)20-14-4-2;;/h17H,3-16H2,1-2H3,(H,20,21)(H,23,24,25);;. The number of hydrogen-bond donors (Lipinski definition) is 2. The summed E-state index contributed by atoms with van der Waals surface area (Å²) in [7, 11) is -4.77. The van der Waals surface area contributed by atoms with Gasteiger partial charge in [-0.25, -0.2) is 4.79 Å². The van der Waals surface area contributed by atoms with E-state index in [9.17, 15) is 18.0 Å². The SMILES string of the molecule is CCCCCCCCCCCCOOC(=O)C(CC(=O)NCCC)S(=O)(=O)O.[Na].[Na]. The Kier molecular flexibility index (Phi) is 27.1. The molecule has 2 radical (unpaired) electrons. The molecule has 30 heavy (non-hydrogen) atoms. The molecule has 0 aromatic carbocycles. The first-order valence-corrected chi connectivity index (χ1v) is 11.9. The fourth-order valence-electron chi connectivity index (χ4n) is 2.62. The molecule has 0 heterocycles. The first-order valence-electron chi connectivity index (χ1n) is 10.4. The second-order valence-corrected chi connectivity index (χ2v) is 8.56. The Morgan fingerprint density at radius 2 is 1.37 bits per heavy atom. The zero-order valence-corrected chi connectivity index (χ0v) is 24.1. The van der Waals surface area contributed by atoms with E-state index < -0.39 is 33.7 Å². The fraction of sp³-hybridized carbons (Fsp3) is 0.895. The zero-order chi connectivity index (χ0) is 21.3. The molecule has 0 aromatic heterocycles. The summed E-state index contributed by atoms with van der Waals surface area (Å²) in [6.07, 6.45) is 11.4. The Morgan fingerprint density at radius 3 is 1.83 bits per heavy atom. The van der Waals surface area contributed by atoms with E-state index in [0.717, 1.165) is 19.3 Å². The first-order chi connectivity index (χ1) is 13.3. The van der Waals surface area contributed by atoms with Gasteiger partial charge in [-0.3, -0.25) is 14.2 Å². The number of nitrogens with one attached hydrogen (secondary N) is 1. The van der Waals surface area contributed by atoms with Crippen LogP contribution in [0.4, 0.5) is 0 Å². The molecule has 1 atom stereocenters. The van der Waals surface area contributed by atoms with Crippen molar-refractivity contribution in [3.8, 4) is 0 Å². The maximum Gasteiger partial charge on any atom is 0.363 e. The van der Waals surface area contributed by atoms with Crippen molar-refractivity contribution in [1.29, 1.82) is 0 Å². The minimum Gasteiger partial charge on any atom is -0.356 e. The summed E-state index contributed by atoms with van der Waals surface area (Å²) >= 11 is 0. The van der Waals surface area contributed by atoms with Crippen LogP contribution >= 0.6 is 0 Å². The minimum atomic E-state index is -4.77. The van der Waals surface area contributed by atoms with Crippen molar-refractivity contribution in [3.05, 3.63) is 0 Å². The van der Waals surface area contributed by atoms with Gasteiger partial charge in [0.05, 0.1) is 13.0 Å². The summed E-state index contributed by atoms with van der Waals surface area (Å²) in [4.78, 5) is 32.6. The van der Waals surface area contributed by atoms with Gasteiger partial charge < -0.3 is 5.32 Å². The zero-order valence-electron chi connectivity index (χ0n) is 19.3. The summed E-state index contributed by atoms with van der Waals surface area (Å²) in [6.45, 7) is 4.52. The third kappa shape index (κ3) is 20.7. The van der Waals surface area contributed by atoms with Gasteiger partial charge in [0.25, 0.3) is 10.1 Å². The largest absolute Gasteiger partial charge is 0.363 e. The second-order valence-electron chi connectivity index (χ2n) is 6.96. The Balaban J connectivity index is -0.00000364. The number of rotatable bonds is 18. The normalized spacial score (nSPS) is 11.7. The van der Waals surface area contributed by atoms with Crippen LogP contribution in [0.15, 0.2) is 0 Å². The van der Waals surface area contributed by atoms with Gasteiger partial charge in [0.15, 0.2) is 5.25 Å². The molecule has 0 rings (SSSR count). The molecule has 0 saturated carbocycles. The van der Waals surface area contributed by atoms with E-state index in [1.54, 1.807) is 0 Å². The summed E-state index contributed by atoms with van der Waals surface area (Å²) in [5.74, 6) is -1.95. The molecular formula is C19H37NNa2O7S. The molecule has 0 spiro atoms. The van der Waals surface area contributed by atoms with E-state index in [-0.39, 0.29) is 65.7 Å². The van der Waals surface area contributed by atoms with Crippen LogP contribution in [0.5, 0.6) is 0 Å². The summed E-state index contributed by atoms with van der Waals surface area (Å²) in [5.41, 5.74) is 0. The minimum absolute atomic E-state index is 0. The van der Waals surface area contributed by atoms with E-state index in [2.05, 4.69) is 17.1 Å². The average molecular weight is 470 g/mol. The fourth-order valence-corrected chi connectivity index (χ4v) is 3.26. The molecule has 1 amide bonds. The van der Waals surface area contributed by atoms with Gasteiger partial charge in [-0.1, -0.05) is 71.6 Å². The molecule has 8 nitrogen and oxygen atoms in total. The van der Waals surface area contributed by atoms with E-state index in [4.69, 9.17) is 9.44 Å². The Labute approximate surface area is 226 Å². The van der Waals surface area contributed by atoms with Crippen molar-refractivity contribution >= 4 is 81.1 Å². The monoisotopic (exact) mass is 469 g/mol. The topological polar surface area (TPSA) is 119 Å². The van der Waals surface area contributed by atoms with Crippen LogP contribution in [0.1, 0.15) is 90.9 Å². The van der Waals surface area contributed by atoms with Gasteiger partial charge in [0.2, 0.25) is 5.91 Å². The van der Waals surface area contributed by atoms with Gasteiger partial charge in [-0.2, -0.15) is 13.3 Å². The van der Waals surface area contributed by atoms with Gasteiger partial charge in [0, 0.05) is 65.7 Å². The molecule has 0 aliphatic heterocycles. The van der Waals surface area contributed by atoms with E-state index >= 15 is 0 Å². The predicted molar refractivity (Wildman–Crippen MR) is 119 cm³/mol. The molecule has 0 aromatic rings. The van der Waals surface area contributed by atoms with E-state index in [0.29, 0.717) is 19.4 Å². The smallest absolute Gasteiger partial charge is 0.356 e. The number of amides is 1. The third-order valence-corrected chi connectivity index (χ3v) is 5.37. The van der Waals surface area contributed by atoms with Crippen molar-refractivity contribution in [2.45, 2.75) is 96.1 Å². The molecule has 1 unspecified atom stereocenters. The Hall–Kier alpha value is 0.810. The van der Waals surface area contributed by atoms with Gasteiger partial charge in [-0.05, 0) is 12.8 Å². The van der Waals surface area contributed by atoms with Crippen LogP contribution in [0.3, 0.4) is 0 Å². The molecule has 0 aliphatic rings. The van der Waals surface area contributed by atoms with Crippen LogP contribution in [-0.2, 0) is 29.5 Å². The maximum absolute atomic E-state index is 11.8. The van der Waals surface area contributed by atoms with Crippen molar-refractivity contribution < 1.29 is 32.3 Å². The van der Waals surface area contributed by atoms with E-state index in [1.807, 2.05) is 6.92 Å². The summed E-state index contributed by atoms with van der Waals surface area (Å²) in [6, 6.07) is 0. The van der Waals surface area contributed by atoms with Crippen LogP contribution in [0, 0.1) is 0 Å². The molecule has 168 valence electrons. The van der Waals surface area contributed by atoms with Crippen molar-refractivity contribution in [1.82, 2.24) is 5.32 Å². The van der Waals surface area contributed by atoms with Crippen molar-refractivity contribution in [3.63, 3.8) is 0 Å². The third-order valence-electron chi connectivity index (χ3n) is 4.29. The average Bonchev–Trinajstić information content (AvgIpc) is 2.64. The Morgan fingerprint density at radius 1 is 0.867 bits per heavy atom. The van der Waals surface area contributed by atoms with Crippen LogP contribution in [0.2, 0.25) is 0 Å². The molecule has 0 aliphatic carbocycles. The quantitative estimate of drug-likeness (QED) is 0.104. The Bertz CT molecular complexity index is 533. The first kappa shape index (κ1) is 35.4. The molecule has 0 fully saturated rings. The summed E-state index contributed by atoms with van der Waals surface area (Å²) < 4.78 is 31.8. The van der Waals surface area contributed by atoms with Crippen LogP contribution in [-0.4, -0.2) is 102 Å². The number of unbranched alkanes of at least 4 members (excludes halogenated alkanes) is 9. The molecule has 2 N–H and O–H groups in total. The summed E-state index contributed by atoms with van der Waals surface area (Å²) in [5, 5.41) is 0.453. The van der Waals surface area contributed by atoms with Gasteiger partial charge >= 0.3 is 5.97 Å². The molecule has 11 heteroatoms. The number of carbonyl (C=O) groups is 2. The molecule has 0 bridgehead atoms. The maximum atomic E-state index is 11.8. The number of carbonyl (C=O) groups excluding carboxylic acids is 2. The van der Waals surface area contributed by atoms with Gasteiger partial charge in [-0.15, -0.1) is 0 Å². The van der Waals surface area contributed by atoms with Crippen LogP contribution < -0.4 is 5.32 Å². The predicted octanol–water partition coefficient (Wildman–Crippen LogP) is 2.79.